The zero-order chi connectivity index (χ0) is 14.7. The average molecular weight is 271 g/mol. The quantitative estimate of drug-likeness (QED) is 0.866. The number of aryl methyl sites for hydroxylation is 3. The van der Waals surface area contributed by atoms with E-state index in [1.807, 2.05) is 12.1 Å². The molecule has 2 aromatic carbocycles. The summed E-state index contributed by atoms with van der Waals surface area (Å²) in [5.41, 5.74) is 5.38. The third-order valence-electron chi connectivity index (χ3n) is 3.77. The van der Waals surface area contributed by atoms with Gasteiger partial charge in [0.1, 0.15) is 5.82 Å². The van der Waals surface area contributed by atoms with E-state index in [0.29, 0.717) is 5.56 Å². The van der Waals surface area contributed by atoms with Gasteiger partial charge in [-0.2, -0.15) is 0 Å². The first-order valence-electron chi connectivity index (χ1n) is 7.10. The Morgan fingerprint density at radius 3 is 2.20 bits per heavy atom. The zero-order valence-electron chi connectivity index (χ0n) is 12.6. The Hall–Kier alpha value is -1.67. The second-order valence-electron chi connectivity index (χ2n) is 5.30. The molecule has 0 aliphatic heterocycles. The van der Waals surface area contributed by atoms with Gasteiger partial charge < -0.3 is 5.32 Å². The molecule has 0 fully saturated rings. The van der Waals surface area contributed by atoms with Crippen molar-refractivity contribution in [2.24, 2.45) is 0 Å². The summed E-state index contributed by atoms with van der Waals surface area (Å²) >= 11 is 0. The van der Waals surface area contributed by atoms with Crippen molar-refractivity contribution in [3.05, 3.63) is 70.0 Å². The van der Waals surface area contributed by atoms with Crippen LogP contribution in [0.25, 0.3) is 0 Å². The van der Waals surface area contributed by atoms with Gasteiger partial charge in [0.25, 0.3) is 0 Å². The van der Waals surface area contributed by atoms with Gasteiger partial charge in [0.2, 0.25) is 0 Å². The van der Waals surface area contributed by atoms with E-state index in [4.69, 9.17) is 0 Å². The van der Waals surface area contributed by atoms with Crippen molar-refractivity contribution in [3.8, 4) is 0 Å². The van der Waals surface area contributed by atoms with Gasteiger partial charge in [-0.25, -0.2) is 4.39 Å². The molecule has 0 saturated carbocycles. The second-order valence-corrected chi connectivity index (χ2v) is 5.30. The fourth-order valence-corrected chi connectivity index (χ4v) is 2.66. The van der Waals surface area contributed by atoms with Gasteiger partial charge in [0.15, 0.2) is 0 Å². The summed E-state index contributed by atoms with van der Waals surface area (Å²) in [5.74, 6) is -0.142. The lowest BCUT2D eigenvalue weighted by Gasteiger charge is -2.23. The van der Waals surface area contributed by atoms with Crippen molar-refractivity contribution < 1.29 is 4.39 Å². The van der Waals surface area contributed by atoms with Gasteiger partial charge in [-0.15, -0.1) is 0 Å². The van der Waals surface area contributed by atoms with E-state index in [1.165, 1.54) is 16.7 Å². The normalized spacial score (nSPS) is 12.4. The van der Waals surface area contributed by atoms with E-state index in [-0.39, 0.29) is 11.9 Å². The van der Waals surface area contributed by atoms with Gasteiger partial charge in [-0.1, -0.05) is 37.3 Å². The molecule has 0 amide bonds. The fourth-order valence-electron chi connectivity index (χ4n) is 2.66. The van der Waals surface area contributed by atoms with E-state index in [2.05, 4.69) is 44.3 Å². The van der Waals surface area contributed by atoms with Gasteiger partial charge in [-0.3, -0.25) is 0 Å². The maximum atomic E-state index is 13.9. The standard InChI is InChI=1S/C18H22FN/c1-5-20-18(15-10-9-12(2)16(19)11-15)17-13(3)7-6-8-14(17)4/h6-11,18,20H,5H2,1-4H3. The third-order valence-corrected chi connectivity index (χ3v) is 3.77. The lowest BCUT2D eigenvalue weighted by atomic mass is 9.91. The Bertz CT molecular complexity index is 584. The maximum absolute atomic E-state index is 13.9. The predicted octanol–water partition coefficient (Wildman–Crippen LogP) is 4.45. The molecule has 1 nitrogen and oxygen atoms in total. The Kier molecular flexibility index (Phi) is 4.56. The van der Waals surface area contributed by atoms with Crippen molar-refractivity contribution in [2.45, 2.75) is 33.7 Å². The number of hydrogen-bond acceptors (Lipinski definition) is 1. The first-order chi connectivity index (χ1) is 9.54. The molecule has 0 radical (unpaired) electrons. The molecular formula is C18H22FN. The van der Waals surface area contributed by atoms with E-state index in [0.717, 1.165) is 12.1 Å². The van der Waals surface area contributed by atoms with Gasteiger partial charge in [0.05, 0.1) is 6.04 Å². The van der Waals surface area contributed by atoms with E-state index < -0.39 is 0 Å². The molecule has 2 rings (SSSR count). The largest absolute Gasteiger partial charge is 0.307 e. The van der Waals surface area contributed by atoms with Gasteiger partial charge >= 0.3 is 0 Å². The van der Waals surface area contributed by atoms with Crippen molar-refractivity contribution in [1.82, 2.24) is 5.32 Å². The molecule has 1 unspecified atom stereocenters. The average Bonchev–Trinajstić information content (AvgIpc) is 2.41. The molecule has 0 aromatic heterocycles. The second kappa shape index (κ2) is 6.19. The zero-order valence-corrected chi connectivity index (χ0v) is 12.6. The van der Waals surface area contributed by atoms with Crippen LogP contribution < -0.4 is 5.32 Å². The highest BCUT2D eigenvalue weighted by atomic mass is 19.1. The number of rotatable bonds is 4. The third kappa shape index (κ3) is 2.91. The first kappa shape index (κ1) is 14.7. The highest BCUT2D eigenvalue weighted by molar-refractivity contribution is 5.42. The van der Waals surface area contributed by atoms with Crippen molar-refractivity contribution in [2.75, 3.05) is 6.54 Å². The summed E-state index contributed by atoms with van der Waals surface area (Å²) in [4.78, 5) is 0. The van der Waals surface area contributed by atoms with Crippen LogP contribution in [0, 0.1) is 26.6 Å². The molecule has 1 atom stereocenters. The fraction of sp³-hybridized carbons (Fsp3) is 0.333. The van der Waals surface area contributed by atoms with Crippen LogP contribution in [0.4, 0.5) is 4.39 Å². The summed E-state index contributed by atoms with van der Waals surface area (Å²) in [6.07, 6.45) is 0. The first-order valence-corrected chi connectivity index (χ1v) is 7.10. The lowest BCUT2D eigenvalue weighted by molar-refractivity contribution is 0.595. The molecule has 0 heterocycles. The molecular weight excluding hydrogens is 249 g/mol. The highest BCUT2D eigenvalue weighted by Gasteiger charge is 2.18. The molecule has 2 aromatic rings. The van der Waals surface area contributed by atoms with Gasteiger partial charge in [-0.05, 0) is 61.2 Å². The molecule has 1 N–H and O–H groups in total. The Morgan fingerprint density at radius 1 is 1.00 bits per heavy atom. The molecule has 0 spiro atoms. The van der Waals surface area contributed by atoms with E-state index in [9.17, 15) is 4.39 Å². The molecule has 0 aliphatic rings. The Labute approximate surface area is 120 Å². The topological polar surface area (TPSA) is 12.0 Å². The van der Waals surface area contributed by atoms with Crippen LogP contribution in [-0.4, -0.2) is 6.54 Å². The Balaban J connectivity index is 2.53. The summed E-state index contributed by atoms with van der Waals surface area (Å²) in [6.45, 7) is 8.92. The summed E-state index contributed by atoms with van der Waals surface area (Å²) in [7, 11) is 0. The SMILES string of the molecule is CCNC(c1ccc(C)c(F)c1)c1c(C)cccc1C. The maximum Gasteiger partial charge on any atom is 0.126 e. The molecule has 0 saturated heterocycles. The van der Waals surface area contributed by atoms with Crippen LogP contribution in [0.2, 0.25) is 0 Å². The van der Waals surface area contributed by atoms with Crippen LogP contribution in [0.5, 0.6) is 0 Å². The van der Waals surface area contributed by atoms with Crippen LogP contribution in [0.3, 0.4) is 0 Å². The smallest absolute Gasteiger partial charge is 0.126 e. The van der Waals surface area contributed by atoms with E-state index in [1.54, 1.807) is 13.0 Å². The summed E-state index contributed by atoms with van der Waals surface area (Å²) < 4.78 is 13.9. The molecule has 0 aliphatic carbocycles. The van der Waals surface area contributed by atoms with Gasteiger partial charge in [0, 0.05) is 0 Å². The molecule has 2 heteroatoms. The monoisotopic (exact) mass is 271 g/mol. The minimum Gasteiger partial charge on any atom is -0.307 e. The number of hydrogen-bond donors (Lipinski definition) is 1. The van der Waals surface area contributed by atoms with Crippen molar-refractivity contribution in [1.29, 1.82) is 0 Å². The molecule has 20 heavy (non-hydrogen) atoms. The Morgan fingerprint density at radius 2 is 1.65 bits per heavy atom. The minimum absolute atomic E-state index is 0.0382. The van der Waals surface area contributed by atoms with Crippen LogP contribution in [-0.2, 0) is 0 Å². The number of nitrogens with one attached hydrogen (secondary N) is 1. The molecule has 0 bridgehead atoms. The number of benzene rings is 2. The predicted molar refractivity (Wildman–Crippen MR) is 82.6 cm³/mol. The molecule has 106 valence electrons. The van der Waals surface area contributed by atoms with Crippen molar-refractivity contribution >= 4 is 0 Å². The van der Waals surface area contributed by atoms with Crippen molar-refractivity contribution in [3.63, 3.8) is 0 Å². The highest BCUT2D eigenvalue weighted by Crippen LogP contribution is 2.28. The minimum atomic E-state index is -0.142. The van der Waals surface area contributed by atoms with E-state index >= 15 is 0 Å². The van der Waals surface area contributed by atoms with Crippen LogP contribution in [0.1, 0.15) is 40.8 Å². The number of halogens is 1. The van der Waals surface area contributed by atoms with Crippen LogP contribution in [0.15, 0.2) is 36.4 Å². The summed E-state index contributed by atoms with van der Waals surface area (Å²) in [6, 6.07) is 11.8. The van der Waals surface area contributed by atoms with Crippen LogP contribution >= 0.6 is 0 Å². The summed E-state index contributed by atoms with van der Waals surface area (Å²) in [5, 5.41) is 3.48. The lowest BCUT2D eigenvalue weighted by Crippen LogP contribution is -2.23.